The average Bonchev–Trinajstić information content (AvgIpc) is 2.71. The highest BCUT2D eigenvalue weighted by Crippen LogP contribution is 2.27. The number of aryl methyl sites for hydroxylation is 1. The highest BCUT2D eigenvalue weighted by atomic mass is 16.5. The Morgan fingerprint density at radius 1 is 1.33 bits per heavy atom. The first-order valence-electron chi connectivity index (χ1n) is 6.44. The van der Waals surface area contributed by atoms with Crippen LogP contribution < -0.4 is 5.73 Å². The molecule has 2 atom stereocenters. The van der Waals surface area contributed by atoms with E-state index in [1.807, 2.05) is 24.0 Å². The van der Waals surface area contributed by atoms with Gasteiger partial charge in [0.15, 0.2) is 0 Å². The molecule has 0 radical (unpaired) electrons. The van der Waals surface area contributed by atoms with Crippen LogP contribution in [0.2, 0.25) is 0 Å². The number of nitrogens with zero attached hydrogens (tertiary/aromatic N) is 1. The number of likely N-dealkylation sites (tertiary alicyclic amines) is 1. The lowest BCUT2D eigenvalue weighted by molar-refractivity contribution is -0.0303. The maximum absolute atomic E-state index is 12.4. The third kappa shape index (κ3) is 1.97. The monoisotopic (exact) mass is 246 g/mol. The second-order valence-corrected chi connectivity index (χ2v) is 5.24. The van der Waals surface area contributed by atoms with E-state index in [4.69, 9.17) is 10.5 Å². The lowest BCUT2D eigenvalue weighted by Crippen LogP contribution is -2.45. The van der Waals surface area contributed by atoms with E-state index >= 15 is 0 Å². The maximum Gasteiger partial charge on any atom is 0.254 e. The quantitative estimate of drug-likeness (QED) is 0.765. The van der Waals surface area contributed by atoms with Gasteiger partial charge in [-0.15, -0.1) is 0 Å². The van der Waals surface area contributed by atoms with Gasteiger partial charge in [0, 0.05) is 24.3 Å². The maximum atomic E-state index is 12.4. The van der Waals surface area contributed by atoms with Crippen molar-refractivity contribution in [2.45, 2.75) is 32.0 Å². The van der Waals surface area contributed by atoms with Crippen LogP contribution in [0.4, 0.5) is 5.69 Å². The number of morpholine rings is 1. The molecule has 0 saturated carbocycles. The third-order valence-corrected chi connectivity index (χ3v) is 3.86. The van der Waals surface area contributed by atoms with Crippen LogP contribution in [0.15, 0.2) is 18.2 Å². The Morgan fingerprint density at radius 2 is 2.00 bits per heavy atom. The molecule has 18 heavy (non-hydrogen) atoms. The zero-order valence-corrected chi connectivity index (χ0v) is 10.6. The van der Waals surface area contributed by atoms with Gasteiger partial charge in [-0.05, 0) is 37.5 Å². The number of rotatable bonds is 1. The Bertz CT molecular complexity index is 475. The summed E-state index contributed by atoms with van der Waals surface area (Å²) in [6, 6.07) is 5.53. The lowest BCUT2D eigenvalue weighted by atomic mass is 10.1. The molecule has 4 heteroatoms. The fourth-order valence-electron chi connectivity index (χ4n) is 2.74. The Kier molecular flexibility index (Phi) is 2.74. The van der Waals surface area contributed by atoms with Gasteiger partial charge in [0.2, 0.25) is 0 Å². The van der Waals surface area contributed by atoms with Gasteiger partial charge in [-0.2, -0.15) is 0 Å². The number of hydrogen-bond donors (Lipinski definition) is 1. The number of amides is 1. The first kappa shape index (κ1) is 11.5. The molecule has 2 unspecified atom stereocenters. The first-order valence-corrected chi connectivity index (χ1v) is 6.44. The minimum Gasteiger partial charge on any atom is -0.398 e. The number of carbonyl (C=O) groups is 1. The molecule has 2 aliphatic heterocycles. The molecule has 1 aromatic carbocycles. The second-order valence-electron chi connectivity index (χ2n) is 5.24. The SMILES string of the molecule is Cc1ccc(C(=O)N2CC3CCC(C2)O3)cc1N. The Labute approximate surface area is 107 Å². The van der Waals surface area contributed by atoms with Crippen LogP contribution in [-0.4, -0.2) is 36.1 Å². The summed E-state index contributed by atoms with van der Waals surface area (Å²) in [5.74, 6) is 0.0712. The fourth-order valence-corrected chi connectivity index (χ4v) is 2.74. The molecule has 3 rings (SSSR count). The van der Waals surface area contributed by atoms with Crippen LogP contribution >= 0.6 is 0 Å². The van der Waals surface area contributed by atoms with Gasteiger partial charge in [-0.3, -0.25) is 4.79 Å². The molecule has 1 aromatic rings. The van der Waals surface area contributed by atoms with E-state index in [9.17, 15) is 4.79 Å². The van der Waals surface area contributed by atoms with Gasteiger partial charge >= 0.3 is 0 Å². The van der Waals surface area contributed by atoms with Gasteiger partial charge in [0.1, 0.15) is 0 Å². The summed E-state index contributed by atoms with van der Waals surface area (Å²) < 4.78 is 5.74. The van der Waals surface area contributed by atoms with Crippen LogP contribution in [-0.2, 0) is 4.74 Å². The van der Waals surface area contributed by atoms with Crippen molar-refractivity contribution >= 4 is 11.6 Å². The van der Waals surface area contributed by atoms with Crippen molar-refractivity contribution < 1.29 is 9.53 Å². The van der Waals surface area contributed by atoms with E-state index in [0.717, 1.165) is 18.4 Å². The number of nitrogen functional groups attached to an aromatic ring is 1. The summed E-state index contributed by atoms with van der Waals surface area (Å²) >= 11 is 0. The van der Waals surface area contributed by atoms with E-state index in [1.54, 1.807) is 6.07 Å². The molecule has 4 nitrogen and oxygen atoms in total. The van der Waals surface area contributed by atoms with Crippen LogP contribution in [0.3, 0.4) is 0 Å². The number of carbonyl (C=O) groups excluding carboxylic acids is 1. The zero-order chi connectivity index (χ0) is 12.7. The van der Waals surface area contributed by atoms with Gasteiger partial charge in [-0.25, -0.2) is 0 Å². The summed E-state index contributed by atoms with van der Waals surface area (Å²) in [7, 11) is 0. The topological polar surface area (TPSA) is 55.6 Å². The minimum atomic E-state index is 0.0712. The zero-order valence-electron chi connectivity index (χ0n) is 10.6. The van der Waals surface area contributed by atoms with Gasteiger partial charge < -0.3 is 15.4 Å². The smallest absolute Gasteiger partial charge is 0.254 e. The molecular weight excluding hydrogens is 228 g/mol. The molecular formula is C14H18N2O2. The summed E-state index contributed by atoms with van der Waals surface area (Å²) in [5.41, 5.74) is 8.23. The molecule has 96 valence electrons. The number of nitrogens with two attached hydrogens (primary N) is 1. The van der Waals surface area contributed by atoms with Crippen molar-refractivity contribution in [3.8, 4) is 0 Å². The molecule has 2 N–H and O–H groups in total. The Balaban J connectivity index is 1.79. The summed E-state index contributed by atoms with van der Waals surface area (Å²) in [6.07, 6.45) is 2.61. The summed E-state index contributed by atoms with van der Waals surface area (Å²) in [5, 5.41) is 0. The van der Waals surface area contributed by atoms with Crippen LogP contribution in [0.25, 0.3) is 0 Å². The van der Waals surface area contributed by atoms with E-state index in [0.29, 0.717) is 24.3 Å². The Morgan fingerprint density at radius 3 is 2.61 bits per heavy atom. The molecule has 1 amide bonds. The van der Waals surface area contributed by atoms with Crippen LogP contribution in [0.1, 0.15) is 28.8 Å². The largest absolute Gasteiger partial charge is 0.398 e. The number of anilines is 1. The normalized spacial score (nSPS) is 26.4. The highest BCUT2D eigenvalue weighted by Gasteiger charge is 2.35. The summed E-state index contributed by atoms with van der Waals surface area (Å²) in [4.78, 5) is 14.3. The number of benzene rings is 1. The highest BCUT2D eigenvalue weighted by molar-refractivity contribution is 5.95. The fraction of sp³-hybridized carbons (Fsp3) is 0.500. The van der Waals surface area contributed by atoms with Gasteiger partial charge in [-0.1, -0.05) is 6.07 Å². The number of fused-ring (bicyclic) bond motifs is 2. The molecule has 0 spiro atoms. The molecule has 2 heterocycles. The Hall–Kier alpha value is -1.55. The standard InChI is InChI=1S/C14H18N2O2/c1-9-2-3-10(6-13(9)15)14(17)16-7-11-4-5-12(8-16)18-11/h2-3,6,11-12H,4-5,7-8,15H2,1H3. The van der Waals surface area contributed by atoms with Crippen LogP contribution in [0.5, 0.6) is 0 Å². The second kappa shape index (κ2) is 4.28. The molecule has 0 aromatic heterocycles. The van der Waals surface area contributed by atoms with Crippen molar-refractivity contribution in [1.82, 2.24) is 4.90 Å². The first-order chi connectivity index (χ1) is 8.63. The van der Waals surface area contributed by atoms with Crippen molar-refractivity contribution in [3.05, 3.63) is 29.3 Å². The van der Waals surface area contributed by atoms with E-state index in [1.165, 1.54) is 0 Å². The minimum absolute atomic E-state index is 0.0712. The van der Waals surface area contributed by atoms with Crippen LogP contribution in [0, 0.1) is 6.92 Å². The molecule has 2 bridgehead atoms. The predicted molar refractivity (Wildman–Crippen MR) is 69.4 cm³/mol. The van der Waals surface area contributed by atoms with E-state index in [-0.39, 0.29) is 18.1 Å². The molecule has 2 fully saturated rings. The predicted octanol–water partition coefficient (Wildman–Crippen LogP) is 1.58. The molecule has 2 saturated heterocycles. The number of hydrogen-bond acceptors (Lipinski definition) is 3. The molecule has 2 aliphatic rings. The van der Waals surface area contributed by atoms with Gasteiger partial charge in [0.25, 0.3) is 5.91 Å². The van der Waals surface area contributed by atoms with E-state index in [2.05, 4.69) is 0 Å². The van der Waals surface area contributed by atoms with Crippen molar-refractivity contribution in [2.24, 2.45) is 0 Å². The lowest BCUT2D eigenvalue weighted by Gasteiger charge is -2.32. The van der Waals surface area contributed by atoms with Crippen molar-refractivity contribution in [2.75, 3.05) is 18.8 Å². The summed E-state index contributed by atoms with van der Waals surface area (Å²) in [6.45, 7) is 3.37. The van der Waals surface area contributed by atoms with Gasteiger partial charge in [0.05, 0.1) is 12.2 Å². The molecule has 0 aliphatic carbocycles. The van der Waals surface area contributed by atoms with Crippen molar-refractivity contribution in [3.63, 3.8) is 0 Å². The third-order valence-electron chi connectivity index (χ3n) is 3.86. The number of ether oxygens (including phenoxy) is 1. The van der Waals surface area contributed by atoms with E-state index < -0.39 is 0 Å². The van der Waals surface area contributed by atoms with Crippen molar-refractivity contribution in [1.29, 1.82) is 0 Å². The average molecular weight is 246 g/mol.